The third-order valence-electron chi connectivity index (χ3n) is 2.91. The minimum absolute atomic E-state index is 0.164. The van der Waals surface area contributed by atoms with E-state index in [0.717, 1.165) is 19.3 Å². The summed E-state index contributed by atoms with van der Waals surface area (Å²) in [6.45, 7) is 4.07. The number of ether oxygens (including phenoxy) is 1. The molecule has 0 aliphatic carbocycles. The quantitative estimate of drug-likeness (QED) is 0.840. The van der Waals surface area contributed by atoms with Gasteiger partial charge in [-0.25, -0.2) is 0 Å². The van der Waals surface area contributed by atoms with Crippen LogP contribution >= 0.6 is 11.3 Å². The zero-order valence-electron chi connectivity index (χ0n) is 9.27. The molecule has 0 saturated carbocycles. The van der Waals surface area contributed by atoms with Gasteiger partial charge in [-0.1, -0.05) is 0 Å². The Labute approximate surface area is 94.9 Å². The van der Waals surface area contributed by atoms with Gasteiger partial charge in [-0.05, 0) is 36.2 Å². The zero-order valence-corrected chi connectivity index (χ0v) is 10.1. The van der Waals surface area contributed by atoms with Gasteiger partial charge in [-0.3, -0.25) is 0 Å². The smallest absolute Gasteiger partial charge is 0.0737 e. The first-order valence-corrected chi connectivity index (χ1v) is 6.41. The number of thiophene rings is 1. The van der Waals surface area contributed by atoms with Gasteiger partial charge in [0.1, 0.15) is 0 Å². The molecule has 0 radical (unpaired) electrons. The molecule has 3 heteroatoms. The van der Waals surface area contributed by atoms with E-state index >= 15 is 0 Å². The minimum Gasteiger partial charge on any atom is -0.389 e. The van der Waals surface area contributed by atoms with Crippen LogP contribution in [0.4, 0.5) is 0 Å². The molecule has 1 aliphatic heterocycles. The van der Waals surface area contributed by atoms with Gasteiger partial charge in [0.2, 0.25) is 0 Å². The molecule has 1 N–H and O–H groups in total. The topological polar surface area (TPSA) is 29.5 Å². The average Bonchev–Trinajstić information content (AvgIpc) is 2.52. The highest BCUT2D eigenvalue weighted by molar-refractivity contribution is 7.07. The highest BCUT2D eigenvalue weighted by Gasteiger charge is 2.36. The standard InChI is InChI=1S/C12H18O2S/c1-9-5-12(13,6-10(2)14-9)7-11-3-4-15-8-11/h3-4,8-10,13H,5-7H2,1-2H3. The second kappa shape index (κ2) is 4.24. The van der Waals surface area contributed by atoms with E-state index in [1.165, 1.54) is 5.56 Å². The predicted octanol–water partition coefficient (Wildman–Crippen LogP) is 2.61. The summed E-state index contributed by atoms with van der Waals surface area (Å²) in [6, 6.07) is 2.09. The van der Waals surface area contributed by atoms with Crippen molar-refractivity contribution in [1.82, 2.24) is 0 Å². The van der Waals surface area contributed by atoms with Gasteiger partial charge in [0.15, 0.2) is 0 Å². The molecule has 2 atom stereocenters. The molecule has 15 heavy (non-hydrogen) atoms. The minimum atomic E-state index is -0.571. The Kier molecular flexibility index (Phi) is 3.14. The van der Waals surface area contributed by atoms with Crippen LogP contribution in [0, 0.1) is 0 Å². The second-order valence-corrected chi connectivity index (χ2v) is 5.48. The Bertz CT molecular complexity index is 297. The van der Waals surface area contributed by atoms with Crippen molar-refractivity contribution < 1.29 is 9.84 Å². The van der Waals surface area contributed by atoms with Crippen LogP contribution < -0.4 is 0 Å². The van der Waals surface area contributed by atoms with Crippen molar-refractivity contribution in [2.24, 2.45) is 0 Å². The van der Waals surface area contributed by atoms with Gasteiger partial charge in [0, 0.05) is 19.3 Å². The van der Waals surface area contributed by atoms with E-state index in [1.807, 2.05) is 13.8 Å². The van der Waals surface area contributed by atoms with E-state index < -0.39 is 5.60 Å². The normalized spacial score (nSPS) is 36.7. The molecule has 2 nitrogen and oxygen atoms in total. The molecule has 1 fully saturated rings. The van der Waals surface area contributed by atoms with Crippen molar-refractivity contribution >= 4 is 11.3 Å². The van der Waals surface area contributed by atoms with Gasteiger partial charge in [-0.2, -0.15) is 11.3 Å². The monoisotopic (exact) mass is 226 g/mol. The van der Waals surface area contributed by atoms with Crippen molar-refractivity contribution in [3.8, 4) is 0 Å². The van der Waals surface area contributed by atoms with Crippen LogP contribution in [0.2, 0.25) is 0 Å². The van der Waals surface area contributed by atoms with Crippen LogP contribution in [-0.4, -0.2) is 22.9 Å². The Morgan fingerprint density at radius 2 is 2.13 bits per heavy atom. The summed E-state index contributed by atoms with van der Waals surface area (Å²) in [4.78, 5) is 0. The molecule has 1 aromatic heterocycles. The Morgan fingerprint density at radius 1 is 1.47 bits per heavy atom. The molecule has 84 valence electrons. The number of aliphatic hydroxyl groups is 1. The summed E-state index contributed by atoms with van der Waals surface area (Å²) in [6.07, 6.45) is 2.57. The van der Waals surface area contributed by atoms with Crippen LogP contribution in [0.5, 0.6) is 0 Å². The number of hydrogen-bond donors (Lipinski definition) is 1. The first kappa shape index (κ1) is 11.1. The molecule has 2 rings (SSSR count). The zero-order chi connectivity index (χ0) is 10.9. The molecule has 2 unspecified atom stereocenters. The lowest BCUT2D eigenvalue weighted by Gasteiger charge is -2.39. The lowest BCUT2D eigenvalue weighted by molar-refractivity contribution is -0.130. The lowest BCUT2D eigenvalue weighted by atomic mass is 9.83. The Morgan fingerprint density at radius 3 is 2.67 bits per heavy atom. The summed E-state index contributed by atoms with van der Waals surface area (Å²) < 4.78 is 5.64. The first-order chi connectivity index (χ1) is 7.07. The summed E-state index contributed by atoms with van der Waals surface area (Å²) in [7, 11) is 0. The van der Waals surface area contributed by atoms with Crippen molar-refractivity contribution in [3.63, 3.8) is 0 Å². The maximum atomic E-state index is 10.5. The molecule has 0 amide bonds. The largest absolute Gasteiger partial charge is 0.389 e. The van der Waals surface area contributed by atoms with Crippen LogP contribution in [0.15, 0.2) is 16.8 Å². The van der Waals surface area contributed by atoms with E-state index in [4.69, 9.17) is 4.74 Å². The number of rotatable bonds is 2. The first-order valence-electron chi connectivity index (χ1n) is 5.46. The predicted molar refractivity (Wildman–Crippen MR) is 62.2 cm³/mol. The molecule has 1 aromatic rings. The second-order valence-electron chi connectivity index (χ2n) is 4.70. The van der Waals surface area contributed by atoms with E-state index in [-0.39, 0.29) is 12.2 Å². The van der Waals surface area contributed by atoms with Crippen LogP contribution in [0.25, 0.3) is 0 Å². The van der Waals surface area contributed by atoms with E-state index in [2.05, 4.69) is 16.8 Å². The Balaban J connectivity index is 2.05. The molecule has 1 aliphatic rings. The average molecular weight is 226 g/mol. The third kappa shape index (κ3) is 2.80. The van der Waals surface area contributed by atoms with Crippen molar-refractivity contribution in [1.29, 1.82) is 0 Å². The molecular weight excluding hydrogens is 208 g/mol. The fourth-order valence-electron chi connectivity index (χ4n) is 2.56. The summed E-state index contributed by atoms with van der Waals surface area (Å²) >= 11 is 1.69. The lowest BCUT2D eigenvalue weighted by Crippen LogP contribution is -2.44. The summed E-state index contributed by atoms with van der Waals surface area (Å²) in [5.74, 6) is 0. The highest BCUT2D eigenvalue weighted by atomic mass is 32.1. The fraction of sp³-hybridized carbons (Fsp3) is 0.667. The molecular formula is C12H18O2S. The van der Waals surface area contributed by atoms with Crippen LogP contribution in [-0.2, 0) is 11.2 Å². The Hall–Kier alpha value is -0.380. The van der Waals surface area contributed by atoms with Gasteiger partial charge >= 0.3 is 0 Å². The van der Waals surface area contributed by atoms with Gasteiger partial charge in [0.25, 0.3) is 0 Å². The van der Waals surface area contributed by atoms with Gasteiger partial charge in [0.05, 0.1) is 17.8 Å². The molecule has 0 aromatic carbocycles. The van der Waals surface area contributed by atoms with E-state index in [1.54, 1.807) is 11.3 Å². The van der Waals surface area contributed by atoms with E-state index in [9.17, 15) is 5.11 Å². The summed E-state index contributed by atoms with van der Waals surface area (Å²) in [5, 5.41) is 14.7. The maximum Gasteiger partial charge on any atom is 0.0737 e. The van der Waals surface area contributed by atoms with Gasteiger partial charge < -0.3 is 9.84 Å². The third-order valence-corrected chi connectivity index (χ3v) is 3.64. The van der Waals surface area contributed by atoms with Crippen LogP contribution in [0.3, 0.4) is 0 Å². The summed E-state index contributed by atoms with van der Waals surface area (Å²) in [5.41, 5.74) is 0.668. The van der Waals surface area contributed by atoms with Gasteiger partial charge in [-0.15, -0.1) is 0 Å². The van der Waals surface area contributed by atoms with Crippen LogP contribution in [0.1, 0.15) is 32.3 Å². The highest BCUT2D eigenvalue weighted by Crippen LogP contribution is 2.32. The van der Waals surface area contributed by atoms with Crippen molar-refractivity contribution in [2.45, 2.75) is 50.9 Å². The molecule has 0 spiro atoms. The molecule has 1 saturated heterocycles. The van der Waals surface area contributed by atoms with Crippen molar-refractivity contribution in [3.05, 3.63) is 22.4 Å². The molecule has 0 bridgehead atoms. The maximum absolute atomic E-state index is 10.5. The molecule has 2 heterocycles. The SMILES string of the molecule is CC1CC(O)(Cc2ccsc2)CC(C)O1. The van der Waals surface area contributed by atoms with E-state index in [0.29, 0.717) is 0 Å². The number of hydrogen-bond acceptors (Lipinski definition) is 3. The van der Waals surface area contributed by atoms with Crippen molar-refractivity contribution in [2.75, 3.05) is 0 Å². The fourth-order valence-corrected chi connectivity index (χ4v) is 3.23.